The molecule has 0 spiro atoms. The van der Waals surface area contributed by atoms with Gasteiger partial charge in [-0.05, 0) is 37.0 Å². The van der Waals surface area contributed by atoms with Crippen molar-refractivity contribution in [1.29, 1.82) is 0 Å². The Balaban J connectivity index is 2.58. The maximum absolute atomic E-state index is 11.3. The number of hydrogen-bond acceptors (Lipinski definition) is 4. The van der Waals surface area contributed by atoms with Crippen molar-refractivity contribution in [2.45, 2.75) is 76.9 Å². The Morgan fingerprint density at radius 1 is 1.21 bits per heavy atom. The van der Waals surface area contributed by atoms with Crippen LogP contribution in [-0.4, -0.2) is 45.8 Å². The number of unbranched alkanes of at least 4 members (excludes halogenated alkanes) is 4. The third kappa shape index (κ3) is 11.8. The number of aliphatic hydroxyl groups is 1. The van der Waals surface area contributed by atoms with Crippen molar-refractivity contribution >= 4 is 17.7 Å². The molecule has 0 radical (unpaired) electrons. The Labute approximate surface area is 173 Å². The number of nitrogens with two attached hydrogens (primary N) is 2. The summed E-state index contributed by atoms with van der Waals surface area (Å²) in [6.07, 6.45) is 11.5. The van der Waals surface area contributed by atoms with Gasteiger partial charge in [0.2, 0.25) is 0 Å². The van der Waals surface area contributed by atoms with Gasteiger partial charge in [0.1, 0.15) is 5.82 Å². The summed E-state index contributed by atoms with van der Waals surface area (Å²) < 4.78 is 0. The molecule has 1 rings (SSSR count). The Hall–Kier alpha value is -2.48. The van der Waals surface area contributed by atoms with Crippen LogP contribution in [0.5, 0.6) is 0 Å². The lowest BCUT2D eigenvalue weighted by Crippen LogP contribution is -2.27. The van der Waals surface area contributed by atoms with Crippen LogP contribution in [0.3, 0.4) is 0 Å². The predicted molar refractivity (Wildman–Crippen MR) is 118 cm³/mol. The molecule has 2 atom stereocenters. The Kier molecular flexibility index (Phi) is 12.3. The van der Waals surface area contributed by atoms with Crippen molar-refractivity contribution in [3.63, 3.8) is 0 Å². The number of aliphatic imine (C=N–C) groups is 1. The molecular formula is C21H37N5O3. The molecule has 1 aromatic heterocycles. The van der Waals surface area contributed by atoms with Crippen molar-refractivity contribution < 1.29 is 15.0 Å². The van der Waals surface area contributed by atoms with E-state index < -0.39 is 5.97 Å². The fraction of sp³-hybridized carbons (Fsp3) is 0.619. The van der Waals surface area contributed by atoms with Crippen LogP contribution in [0.25, 0.3) is 0 Å². The first kappa shape index (κ1) is 24.6. The number of aliphatic carboxylic acids is 1. The van der Waals surface area contributed by atoms with Gasteiger partial charge >= 0.3 is 5.97 Å². The van der Waals surface area contributed by atoms with Gasteiger partial charge in [0, 0.05) is 12.3 Å². The van der Waals surface area contributed by atoms with E-state index in [4.69, 9.17) is 11.5 Å². The minimum atomic E-state index is -1.02. The van der Waals surface area contributed by atoms with Crippen LogP contribution in [0, 0.1) is 0 Å². The van der Waals surface area contributed by atoms with Crippen LogP contribution in [-0.2, 0) is 4.79 Å². The van der Waals surface area contributed by atoms with Gasteiger partial charge in [0.25, 0.3) is 0 Å². The SMILES string of the molecule is CCCC[C@H](O)CCCCCC[C@@H](Nc1ccc[nH]1)/C(=C/C(=O)O)CN=C(N)N. The van der Waals surface area contributed by atoms with Gasteiger partial charge < -0.3 is 32.0 Å². The molecule has 8 nitrogen and oxygen atoms in total. The molecule has 8 heteroatoms. The maximum Gasteiger partial charge on any atom is 0.328 e. The summed E-state index contributed by atoms with van der Waals surface area (Å²) in [5.74, 6) is -0.276. The number of rotatable bonds is 16. The highest BCUT2D eigenvalue weighted by Crippen LogP contribution is 2.19. The van der Waals surface area contributed by atoms with E-state index in [1.54, 1.807) is 6.20 Å². The van der Waals surface area contributed by atoms with Crippen molar-refractivity contribution in [3.8, 4) is 0 Å². The predicted octanol–water partition coefficient (Wildman–Crippen LogP) is 2.97. The zero-order valence-electron chi connectivity index (χ0n) is 17.4. The van der Waals surface area contributed by atoms with Crippen LogP contribution in [0.1, 0.15) is 64.7 Å². The number of carboxylic acid groups (broad SMARTS) is 1. The number of H-pyrrole nitrogens is 1. The number of anilines is 1. The first-order chi connectivity index (χ1) is 13.9. The molecule has 0 saturated heterocycles. The number of carbonyl (C=O) groups is 1. The number of aromatic amines is 1. The fourth-order valence-electron chi connectivity index (χ4n) is 3.22. The van der Waals surface area contributed by atoms with Crippen LogP contribution in [0.4, 0.5) is 5.82 Å². The molecule has 0 amide bonds. The molecule has 0 aliphatic heterocycles. The van der Waals surface area contributed by atoms with Crippen molar-refractivity contribution in [2.75, 3.05) is 11.9 Å². The van der Waals surface area contributed by atoms with E-state index in [0.29, 0.717) is 5.57 Å². The largest absolute Gasteiger partial charge is 0.478 e. The quantitative estimate of drug-likeness (QED) is 0.107. The van der Waals surface area contributed by atoms with Gasteiger partial charge in [-0.3, -0.25) is 0 Å². The highest BCUT2D eigenvalue weighted by atomic mass is 16.4. The second-order valence-corrected chi connectivity index (χ2v) is 7.37. The van der Waals surface area contributed by atoms with E-state index >= 15 is 0 Å². The average Bonchev–Trinajstić information content (AvgIpc) is 3.18. The Morgan fingerprint density at radius 3 is 2.48 bits per heavy atom. The molecule has 1 heterocycles. The average molecular weight is 408 g/mol. The first-order valence-corrected chi connectivity index (χ1v) is 10.5. The van der Waals surface area contributed by atoms with E-state index in [0.717, 1.165) is 63.6 Å². The summed E-state index contributed by atoms with van der Waals surface area (Å²) in [4.78, 5) is 18.3. The second kappa shape index (κ2) is 14.5. The topological polar surface area (TPSA) is 150 Å². The number of aliphatic hydroxyl groups excluding tert-OH is 1. The summed E-state index contributed by atoms with van der Waals surface area (Å²) in [7, 11) is 0. The van der Waals surface area contributed by atoms with E-state index in [2.05, 4.69) is 22.2 Å². The summed E-state index contributed by atoms with van der Waals surface area (Å²) in [6.45, 7) is 2.27. The van der Waals surface area contributed by atoms with E-state index in [-0.39, 0.29) is 24.7 Å². The first-order valence-electron chi connectivity index (χ1n) is 10.5. The highest BCUT2D eigenvalue weighted by Gasteiger charge is 2.16. The molecule has 0 aliphatic carbocycles. The molecule has 0 bridgehead atoms. The smallest absolute Gasteiger partial charge is 0.328 e. The normalized spacial score (nSPS) is 13.7. The van der Waals surface area contributed by atoms with Crippen molar-refractivity contribution in [2.24, 2.45) is 16.5 Å². The minimum absolute atomic E-state index is 0.0680. The summed E-state index contributed by atoms with van der Waals surface area (Å²) in [5.41, 5.74) is 11.5. The van der Waals surface area contributed by atoms with Crippen LogP contribution in [0.15, 0.2) is 35.0 Å². The molecule has 29 heavy (non-hydrogen) atoms. The molecular weight excluding hydrogens is 370 g/mol. The molecule has 0 saturated carbocycles. The van der Waals surface area contributed by atoms with E-state index in [1.807, 2.05) is 12.1 Å². The number of nitrogens with one attached hydrogen (secondary N) is 2. The molecule has 1 aromatic rings. The summed E-state index contributed by atoms with van der Waals surface area (Å²) >= 11 is 0. The minimum Gasteiger partial charge on any atom is -0.478 e. The number of nitrogens with zero attached hydrogens (tertiary/aromatic N) is 1. The number of carboxylic acids is 1. The van der Waals surface area contributed by atoms with E-state index in [9.17, 15) is 15.0 Å². The van der Waals surface area contributed by atoms with Gasteiger partial charge in [-0.1, -0.05) is 45.4 Å². The fourth-order valence-corrected chi connectivity index (χ4v) is 3.22. The van der Waals surface area contributed by atoms with Gasteiger partial charge in [-0.15, -0.1) is 0 Å². The van der Waals surface area contributed by atoms with E-state index in [1.165, 1.54) is 6.08 Å². The molecule has 164 valence electrons. The monoisotopic (exact) mass is 407 g/mol. The lowest BCUT2D eigenvalue weighted by atomic mass is 9.98. The third-order valence-electron chi connectivity index (χ3n) is 4.80. The lowest BCUT2D eigenvalue weighted by molar-refractivity contribution is -0.131. The zero-order valence-corrected chi connectivity index (χ0v) is 17.4. The molecule has 0 fully saturated rings. The zero-order chi connectivity index (χ0) is 21.5. The lowest BCUT2D eigenvalue weighted by Gasteiger charge is -2.21. The third-order valence-corrected chi connectivity index (χ3v) is 4.80. The second-order valence-electron chi connectivity index (χ2n) is 7.37. The summed E-state index contributed by atoms with van der Waals surface area (Å²) in [6, 6.07) is 3.58. The number of aromatic nitrogens is 1. The Bertz CT molecular complexity index is 624. The van der Waals surface area contributed by atoms with Gasteiger partial charge in [0.15, 0.2) is 5.96 Å². The van der Waals surface area contributed by atoms with Crippen molar-refractivity contribution in [3.05, 3.63) is 30.0 Å². The molecule has 0 aromatic carbocycles. The summed E-state index contributed by atoms with van der Waals surface area (Å²) in [5, 5.41) is 22.5. The molecule has 0 unspecified atom stereocenters. The van der Waals surface area contributed by atoms with Crippen molar-refractivity contribution in [1.82, 2.24) is 4.98 Å². The standard InChI is InChI=1S/C21H37N5O3/c1-2-3-9-17(27)10-6-4-5-7-11-18(26-19-12-8-13-24-19)16(14-20(28)29)15-25-21(22)23/h8,12-14,17-18,24,26-27H,2-7,9-11,15H2,1H3,(H,28,29)(H4,22,23,25)/b16-14+/t17-,18+/m0/s1. The van der Waals surface area contributed by atoms with Gasteiger partial charge in [-0.25, -0.2) is 9.79 Å². The highest BCUT2D eigenvalue weighted by molar-refractivity contribution is 5.81. The van der Waals surface area contributed by atoms with Gasteiger partial charge in [0.05, 0.1) is 18.7 Å². The van der Waals surface area contributed by atoms with Crippen LogP contribution >= 0.6 is 0 Å². The molecule has 8 N–H and O–H groups in total. The van der Waals surface area contributed by atoms with Crippen LogP contribution in [0.2, 0.25) is 0 Å². The number of guanidine groups is 1. The van der Waals surface area contributed by atoms with Gasteiger partial charge in [-0.2, -0.15) is 0 Å². The van der Waals surface area contributed by atoms with Crippen LogP contribution < -0.4 is 16.8 Å². The Morgan fingerprint density at radius 2 is 1.90 bits per heavy atom. The maximum atomic E-state index is 11.3. The number of hydrogen-bond donors (Lipinski definition) is 6. The molecule has 0 aliphatic rings.